The largest absolute Gasteiger partial charge is 0.762 e. The van der Waals surface area contributed by atoms with Gasteiger partial charge in [0.2, 0.25) is 0 Å². The third kappa shape index (κ3) is 2.63. The van der Waals surface area contributed by atoms with Crippen LogP contribution in [0.1, 0.15) is 26.2 Å². The van der Waals surface area contributed by atoms with Crippen molar-refractivity contribution in [1.82, 2.24) is 10.5 Å². The Morgan fingerprint density at radius 1 is 1.29 bits per heavy atom. The second kappa shape index (κ2) is 5.01. The molecule has 0 amide bonds. The molecule has 3 unspecified atom stereocenters. The summed E-state index contributed by atoms with van der Waals surface area (Å²) in [4.78, 5) is 4.51. The molecule has 1 aliphatic carbocycles. The molecule has 0 bridgehead atoms. The minimum Gasteiger partial charge on any atom is -0.762 e. The Morgan fingerprint density at radius 2 is 1.93 bits per heavy atom. The Morgan fingerprint density at radius 3 is 2.43 bits per heavy atom. The monoisotopic (exact) mass is 204 g/mol. The van der Waals surface area contributed by atoms with E-state index in [1.54, 1.807) is 0 Å². The fraction of sp³-hybridized carbons (Fsp3) is 1.00. The first-order valence-electron chi connectivity index (χ1n) is 4.72. The third-order valence-electron chi connectivity index (χ3n) is 2.78. The topological polar surface area (TPSA) is 82.1 Å². The lowest BCUT2D eigenvalue weighted by molar-refractivity contribution is -0.184. The summed E-state index contributed by atoms with van der Waals surface area (Å²) in [6.45, 7) is 1.99. The molecule has 0 aliphatic heterocycles. The number of nitrogens with zero attached hydrogens (tertiary/aromatic N) is 2. The zero-order valence-electron chi connectivity index (χ0n) is 8.42. The zero-order chi connectivity index (χ0) is 10.7. The van der Waals surface area contributed by atoms with Crippen LogP contribution in [0.3, 0.4) is 0 Å². The Bertz CT molecular complexity index is 179. The Labute approximate surface area is 83.1 Å². The van der Waals surface area contributed by atoms with E-state index in [2.05, 4.69) is 4.84 Å². The highest BCUT2D eigenvalue weighted by Crippen LogP contribution is 2.29. The average Bonchev–Trinajstić information content (AvgIpc) is 2.16. The van der Waals surface area contributed by atoms with Crippen LogP contribution in [0.25, 0.3) is 0 Å². The lowest BCUT2D eigenvalue weighted by Crippen LogP contribution is -2.50. The van der Waals surface area contributed by atoms with Gasteiger partial charge in [0.1, 0.15) is 0 Å². The highest BCUT2D eigenvalue weighted by molar-refractivity contribution is 4.88. The van der Waals surface area contributed by atoms with E-state index in [4.69, 9.17) is 5.21 Å². The van der Waals surface area contributed by atoms with Crippen LogP contribution in [0.2, 0.25) is 0 Å². The van der Waals surface area contributed by atoms with Crippen molar-refractivity contribution in [3.63, 3.8) is 0 Å². The molecule has 0 spiro atoms. The first-order valence-corrected chi connectivity index (χ1v) is 4.72. The summed E-state index contributed by atoms with van der Waals surface area (Å²) >= 11 is 0. The highest BCUT2D eigenvalue weighted by Gasteiger charge is 2.30. The summed E-state index contributed by atoms with van der Waals surface area (Å²) in [6.07, 6.45) is 1.96. The van der Waals surface area contributed by atoms with Gasteiger partial charge in [-0.3, -0.25) is 10.5 Å². The lowest BCUT2D eigenvalue weighted by atomic mass is 9.84. The Kier molecular flexibility index (Phi) is 4.24. The standard InChI is InChI=1S/C8H16N2O4/c1-6-3-4-7(10(13)14-2)8(5-6)9(11)12/h6-8,11H,3-5H2,1-2H3/q-2. The molecule has 0 radical (unpaired) electrons. The van der Waals surface area contributed by atoms with Crippen molar-refractivity contribution in [2.75, 3.05) is 7.11 Å². The molecule has 1 N–H and O–H groups in total. The molecule has 1 aliphatic rings. The second-order valence-corrected chi connectivity index (χ2v) is 3.82. The molecule has 6 heteroatoms. The summed E-state index contributed by atoms with van der Waals surface area (Å²) in [6, 6.07) is -1.25. The van der Waals surface area contributed by atoms with Gasteiger partial charge in [-0.05, 0) is 25.2 Å². The van der Waals surface area contributed by atoms with Crippen molar-refractivity contribution in [3.05, 3.63) is 10.4 Å². The van der Waals surface area contributed by atoms with Gasteiger partial charge in [-0.2, -0.15) is 0 Å². The molecule has 0 aromatic carbocycles. The number of hydrogen-bond donors (Lipinski definition) is 1. The number of hydrogen-bond acceptors (Lipinski definition) is 6. The Hall–Kier alpha value is -0.240. The van der Waals surface area contributed by atoms with E-state index in [1.165, 1.54) is 7.11 Å². The average molecular weight is 204 g/mol. The van der Waals surface area contributed by atoms with Gasteiger partial charge in [0.25, 0.3) is 0 Å². The normalized spacial score (nSPS) is 34.1. The molecule has 0 aromatic rings. The molecule has 6 nitrogen and oxygen atoms in total. The molecule has 1 fully saturated rings. The van der Waals surface area contributed by atoms with E-state index < -0.39 is 12.1 Å². The molecule has 1 saturated carbocycles. The maximum atomic E-state index is 11.2. The van der Waals surface area contributed by atoms with Crippen LogP contribution < -0.4 is 0 Å². The lowest BCUT2D eigenvalue weighted by Gasteiger charge is -2.48. The Balaban J connectivity index is 2.62. The zero-order valence-corrected chi connectivity index (χ0v) is 8.42. The van der Waals surface area contributed by atoms with Gasteiger partial charge in [-0.25, -0.2) is 0 Å². The third-order valence-corrected chi connectivity index (χ3v) is 2.78. The summed E-state index contributed by atoms with van der Waals surface area (Å²) in [5.41, 5.74) is 0. The number of hydroxylamine groups is 4. The van der Waals surface area contributed by atoms with Gasteiger partial charge in [0.15, 0.2) is 0 Å². The van der Waals surface area contributed by atoms with E-state index in [0.29, 0.717) is 24.0 Å². The van der Waals surface area contributed by atoms with Crippen molar-refractivity contribution >= 4 is 0 Å². The van der Waals surface area contributed by atoms with Gasteiger partial charge < -0.3 is 20.5 Å². The van der Waals surface area contributed by atoms with Crippen LogP contribution in [-0.4, -0.2) is 34.9 Å². The van der Waals surface area contributed by atoms with Crippen LogP contribution in [0.4, 0.5) is 0 Å². The van der Waals surface area contributed by atoms with Crippen LogP contribution >= 0.6 is 0 Å². The van der Waals surface area contributed by atoms with Crippen LogP contribution in [0, 0.1) is 16.3 Å². The molecule has 0 saturated heterocycles. The minimum atomic E-state index is -0.684. The van der Waals surface area contributed by atoms with Gasteiger partial charge >= 0.3 is 0 Å². The fourth-order valence-electron chi connectivity index (χ4n) is 1.95. The van der Waals surface area contributed by atoms with Crippen molar-refractivity contribution in [3.8, 4) is 0 Å². The van der Waals surface area contributed by atoms with Crippen molar-refractivity contribution in [2.24, 2.45) is 5.92 Å². The molecule has 3 atom stereocenters. The van der Waals surface area contributed by atoms with E-state index >= 15 is 0 Å². The van der Waals surface area contributed by atoms with Crippen LogP contribution in [0.15, 0.2) is 0 Å². The summed E-state index contributed by atoms with van der Waals surface area (Å²) in [7, 11) is 1.26. The van der Waals surface area contributed by atoms with Crippen molar-refractivity contribution < 1.29 is 10.0 Å². The first kappa shape index (κ1) is 11.8. The van der Waals surface area contributed by atoms with Crippen molar-refractivity contribution in [1.29, 1.82) is 0 Å². The van der Waals surface area contributed by atoms with E-state index in [0.717, 1.165) is 6.42 Å². The number of rotatable bonds is 3. The molecule has 14 heavy (non-hydrogen) atoms. The molecule has 1 rings (SSSR count). The van der Waals surface area contributed by atoms with Crippen LogP contribution in [0.5, 0.6) is 0 Å². The maximum absolute atomic E-state index is 11.2. The van der Waals surface area contributed by atoms with Gasteiger partial charge in [0, 0.05) is 12.1 Å². The molecule has 0 heterocycles. The van der Waals surface area contributed by atoms with E-state index in [9.17, 15) is 10.4 Å². The molecular formula is C8H16N2O4-2. The van der Waals surface area contributed by atoms with Gasteiger partial charge in [0.05, 0.1) is 7.11 Å². The SMILES string of the molecule is CON([O-])C1CCC(C)CC1N([O-])O. The fourth-order valence-corrected chi connectivity index (χ4v) is 1.95. The van der Waals surface area contributed by atoms with Gasteiger partial charge in [-0.1, -0.05) is 6.92 Å². The van der Waals surface area contributed by atoms with Crippen LogP contribution in [-0.2, 0) is 4.84 Å². The van der Waals surface area contributed by atoms with E-state index in [1.807, 2.05) is 6.92 Å². The molecular weight excluding hydrogens is 188 g/mol. The first-order chi connectivity index (χ1) is 6.56. The minimum absolute atomic E-state index is 0.121. The van der Waals surface area contributed by atoms with Gasteiger partial charge in [-0.15, -0.1) is 0 Å². The predicted octanol–water partition coefficient (Wildman–Crippen LogP) is 1.09. The van der Waals surface area contributed by atoms with Crippen molar-refractivity contribution in [2.45, 2.75) is 38.3 Å². The summed E-state index contributed by atoms with van der Waals surface area (Å²) < 4.78 is 0. The predicted molar refractivity (Wildman–Crippen MR) is 49.8 cm³/mol. The van der Waals surface area contributed by atoms with E-state index in [-0.39, 0.29) is 5.23 Å². The molecule has 84 valence electrons. The summed E-state index contributed by atoms with van der Waals surface area (Å²) in [5, 5.41) is 31.2. The maximum Gasteiger partial charge on any atom is 0.0563 e. The molecule has 0 aromatic heterocycles. The summed E-state index contributed by atoms with van der Waals surface area (Å²) in [5.74, 6) is 0.352. The highest BCUT2D eigenvalue weighted by atomic mass is 16.9. The smallest absolute Gasteiger partial charge is 0.0563 e. The quantitative estimate of drug-likeness (QED) is 0.693. The second-order valence-electron chi connectivity index (χ2n) is 3.82.